The minimum absolute atomic E-state index is 0.0724. The highest BCUT2D eigenvalue weighted by Crippen LogP contribution is 2.16. The molecule has 1 aromatic carbocycles. The van der Waals surface area contributed by atoms with Crippen molar-refractivity contribution in [1.82, 2.24) is 4.90 Å². The monoisotopic (exact) mass is 285 g/mol. The van der Waals surface area contributed by atoms with Gasteiger partial charge in [-0.25, -0.2) is 0 Å². The fourth-order valence-corrected chi connectivity index (χ4v) is 1.74. The Labute approximate surface area is 118 Å². The molecule has 0 atom stereocenters. The van der Waals surface area contributed by atoms with Crippen molar-refractivity contribution >= 4 is 17.5 Å². The molecular formula is C14H20ClNO3. The van der Waals surface area contributed by atoms with Crippen molar-refractivity contribution in [3.63, 3.8) is 0 Å². The zero-order valence-corrected chi connectivity index (χ0v) is 11.9. The highest BCUT2D eigenvalue weighted by molar-refractivity contribution is 6.30. The van der Waals surface area contributed by atoms with E-state index in [1.807, 2.05) is 12.1 Å². The van der Waals surface area contributed by atoms with Gasteiger partial charge in [-0.1, -0.05) is 17.7 Å². The Kier molecular flexibility index (Phi) is 7.30. The van der Waals surface area contributed by atoms with Crippen molar-refractivity contribution in [3.05, 3.63) is 29.3 Å². The standard InChI is InChI=1S/C14H20ClNO3/c1-16(14(18)7-2-3-9-17)8-10-19-13-6-4-5-12(15)11-13/h4-6,11,17H,2-3,7-10H2,1H3. The Balaban J connectivity index is 2.23. The third-order valence-electron chi connectivity index (χ3n) is 2.72. The van der Waals surface area contributed by atoms with E-state index in [0.29, 0.717) is 36.8 Å². The molecule has 0 spiro atoms. The lowest BCUT2D eigenvalue weighted by molar-refractivity contribution is -0.130. The largest absolute Gasteiger partial charge is 0.492 e. The molecule has 0 aliphatic rings. The minimum Gasteiger partial charge on any atom is -0.492 e. The molecule has 0 unspecified atom stereocenters. The Hall–Kier alpha value is -1.26. The first kappa shape index (κ1) is 15.8. The number of halogens is 1. The van der Waals surface area contributed by atoms with Crippen LogP contribution in [-0.2, 0) is 4.79 Å². The fraction of sp³-hybridized carbons (Fsp3) is 0.500. The molecule has 1 rings (SSSR count). The summed E-state index contributed by atoms with van der Waals surface area (Å²) in [6, 6.07) is 7.17. The van der Waals surface area contributed by atoms with Crippen molar-refractivity contribution in [2.75, 3.05) is 26.8 Å². The molecule has 4 nitrogen and oxygen atoms in total. The van der Waals surface area contributed by atoms with Crippen LogP contribution in [0.4, 0.5) is 0 Å². The van der Waals surface area contributed by atoms with Crippen molar-refractivity contribution in [2.24, 2.45) is 0 Å². The van der Waals surface area contributed by atoms with E-state index in [4.69, 9.17) is 21.4 Å². The zero-order chi connectivity index (χ0) is 14.1. The van der Waals surface area contributed by atoms with Gasteiger partial charge in [-0.05, 0) is 31.0 Å². The predicted octanol–water partition coefficient (Wildman–Crippen LogP) is 2.34. The van der Waals surface area contributed by atoms with E-state index in [1.54, 1.807) is 24.1 Å². The molecule has 106 valence electrons. The third kappa shape index (κ3) is 6.45. The van der Waals surface area contributed by atoms with E-state index in [-0.39, 0.29) is 12.5 Å². The average Bonchev–Trinajstić information content (AvgIpc) is 2.39. The average molecular weight is 286 g/mol. The first-order valence-corrected chi connectivity index (χ1v) is 6.74. The number of unbranched alkanes of at least 4 members (excludes halogenated alkanes) is 1. The molecule has 0 saturated carbocycles. The minimum atomic E-state index is 0.0724. The molecule has 0 aliphatic heterocycles. The lowest BCUT2D eigenvalue weighted by Crippen LogP contribution is -2.30. The van der Waals surface area contributed by atoms with Gasteiger partial charge in [-0.15, -0.1) is 0 Å². The molecule has 1 N–H and O–H groups in total. The maximum atomic E-state index is 11.7. The van der Waals surface area contributed by atoms with Crippen LogP contribution in [0.15, 0.2) is 24.3 Å². The predicted molar refractivity (Wildman–Crippen MR) is 75.5 cm³/mol. The molecule has 19 heavy (non-hydrogen) atoms. The second kappa shape index (κ2) is 8.77. The number of aliphatic hydroxyl groups excluding tert-OH is 1. The lowest BCUT2D eigenvalue weighted by atomic mass is 10.2. The van der Waals surface area contributed by atoms with Gasteiger partial charge in [-0.3, -0.25) is 4.79 Å². The molecule has 0 heterocycles. The SMILES string of the molecule is CN(CCOc1cccc(Cl)c1)C(=O)CCCCO. The number of ether oxygens (including phenoxy) is 1. The van der Waals surface area contributed by atoms with Crippen LogP contribution in [0.3, 0.4) is 0 Å². The van der Waals surface area contributed by atoms with Crippen molar-refractivity contribution in [3.8, 4) is 5.75 Å². The number of hydrogen-bond donors (Lipinski definition) is 1. The molecule has 0 aliphatic carbocycles. The molecule has 0 fully saturated rings. The Morgan fingerprint density at radius 3 is 2.89 bits per heavy atom. The number of hydrogen-bond acceptors (Lipinski definition) is 3. The highest BCUT2D eigenvalue weighted by atomic mass is 35.5. The molecule has 0 saturated heterocycles. The quantitative estimate of drug-likeness (QED) is 0.746. The van der Waals surface area contributed by atoms with Crippen LogP contribution in [0, 0.1) is 0 Å². The van der Waals surface area contributed by atoms with Gasteiger partial charge in [0, 0.05) is 25.1 Å². The van der Waals surface area contributed by atoms with E-state index >= 15 is 0 Å². The lowest BCUT2D eigenvalue weighted by Gasteiger charge is -2.17. The molecule has 1 aromatic rings. The normalized spacial score (nSPS) is 10.3. The highest BCUT2D eigenvalue weighted by Gasteiger charge is 2.08. The number of carbonyl (C=O) groups is 1. The van der Waals surface area contributed by atoms with Crippen LogP contribution >= 0.6 is 11.6 Å². The van der Waals surface area contributed by atoms with Gasteiger partial charge >= 0.3 is 0 Å². The van der Waals surface area contributed by atoms with Crippen molar-refractivity contribution < 1.29 is 14.6 Å². The molecule has 0 bridgehead atoms. The molecule has 0 radical (unpaired) electrons. The fourth-order valence-electron chi connectivity index (χ4n) is 1.56. The van der Waals surface area contributed by atoms with Crippen LogP contribution in [0.25, 0.3) is 0 Å². The maximum Gasteiger partial charge on any atom is 0.222 e. The summed E-state index contributed by atoms with van der Waals surface area (Å²) in [7, 11) is 1.75. The topological polar surface area (TPSA) is 49.8 Å². The van der Waals surface area contributed by atoms with Crippen LogP contribution < -0.4 is 4.74 Å². The summed E-state index contributed by atoms with van der Waals surface area (Å²) in [6.45, 7) is 1.10. The second-order valence-corrected chi connectivity index (χ2v) is 4.74. The Morgan fingerprint density at radius 1 is 1.42 bits per heavy atom. The summed E-state index contributed by atoms with van der Waals surface area (Å²) in [5, 5.41) is 9.28. The van der Waals surface area contributed by atoms with Crippen LogP contribution in [0.5, 0.6) is 5.75 Å². The summed E-state index contributed by atoms with van der Waals surface area (Å²) in [5.41, 5.74) is 0. The summed E-state index contributed by atoms with van der Waals surface area (Å²) >= 11 is 5.84. The Bertz CT molecular complexity index is 398. The Morgan fingerprint density at radius 2 is 2.21 bits per heavy atom. The van der Waals surface area contributed by atoms with Gasteiger partial charge in [0.1, 0.15) is 12.4 Å². The molecule has 0 aromatic heterocycles. The van der Waals surface area contributed by atoms with Crippen molar-refractivity contribution in [1.29, 1.82) is 0 Å². The summed E-state index contributed by atoms with van der Waals surface area (Å²) in [5.74, 6) is 0.775. The number of likely N-dealkylation sites (N-methyl/N-ethyl adjacent to an activating group) is 1. The number of amides is 1. The number of carbonyl (C=O) groups excluding carboxylic acids is 1. The van der Waals surface area contributed by atoms with Gasteiger partial charge in [0.2, 0.25) is 5.91 Å². The van der Waals surface area contributed by atoms with Crippen LogP contribution in [0.2, 0.25) is 5.02 Å². The van der Waals surface area contributed by atoms with E-state index in [9.17, 15) is 4.79 Å². The van der Waals surface area contributed by atoms with E-state index in [1.165, 1.54) is 0 Å². The summed E-state index contributed by atoms with van der Waals surface area (Å²) in [4.78, 5) is 13.3. The van der Waals surface area contributed by atoms with Gasteiger partial charge in [0.15, 0.2) is 0 Å². The first-order valence-electron chi connectivity index (χ1n) is 6.36. The van der Waals surface area contributed by atoms with E-state index in [2.05, 4.69) is 0 Å². The number of nitrogens with zero attached hydrogens (tertiary/aromatic N) is 1. The van der Waals surface area contributed by atoms with Gasteiger partial charge in [0.25, 0.3) is 0 Å². The number of benzene rings is 1. The maximum absolute atomic E-state index is 11.7. The van der Waals surface area contributed by atoms with Gasteiger partial charge in [-0.2, -0.15) is 0 Å². The summed E-state index contributed by atoms with van der Waals surface area (Å²) < 4.78 is 5.51. The van der Waals surface area contributed by atoms with Crippen molar-refractivity contribution in [2.45, 2.75) is 19.3 Å². The van der Waals surface area contributed by atoms with Crippen LogP contribution in [-0.4, -0.2) is 42.7 Å². The smallest absolute Gasteiger partial charge is 0.222 e. The van der Waals surface area contributed by atoms with Crippen LogP contribution in [0.1, 0.15) is 19.3 Å². The molecule has 1 amide bonds. The zero-order valence-electron chi connectivity index (χ0n) is 11.1. The third-order valence-corrected chi connectivity index (χ3v) is 2.95. The summed E-state index contributed by atoms with van der Waals surface area (Å²) in [6.07, 6.45) is 1.85. The number of aliphatic hydroxyl groups is 1. The second-order valence-electron chi connectivity index (χ2n) is 4.30. The van der Waals surface area contributed by atoms with E-state index in [0.717, 1.165) is 6.42 Å². The molecular weight excluding hydrogens is 266 g/mol. The first-order chi connectivity index (χ1) is 9.13. The molecule has 5 heteroatoms. The van der Waals surface area contributed by atoms with Gasteiger partial charge < -0.3 is 14.7 Å². The number of rotatable bonds is 8. The van der Waals surface area contributed by atoms with E-state index < -0.39 is 0 Å². The van der Waals surface area contributed by atoms with Gasteiger partial charge in [0.05, 0.1) is 6.54 Å².